The highest BCUT2D eigenvalue weighted by Gasteiger charge is 2.31. The normalized spacial score (nSPS) is 13.8. The maximum absolute atomic E-state index is 5.95. The Bertz CT molecular complexity index is 1370. The summed E-state index contributed by atoms with van der Waals surface area (Å²) in [4.78, 5) is 0. The molecule has 31 heavy (non-hydrogen) atoms. The van der Waals surface area contributed by atoms with Gasteiger partial charge in [-0.25, -0.2) is 0 Å². The third kappa shape index (κ3) is 2.66. The number of halogens is 1. The lowest BCUT2D eigenvalue weighted by Gasteiger charge is -2.20. The number of hydrogen-bond acceptors (Lipinski definition) is 4. The molecule has 160 valence electrons. The predicted octanol–water partition coefficient (Wildman–Crippen LogP) is 1.69. The van der Waals surface area contributed by atoms with E-state index in [1.54, 1.807) is 14.2 Å². The number of fused-ring (bicyclic) bond motifs is 4. The standard InChI is InChI=1S/C25H24NO4.ClH/c1-4-5-14-10-17-16-6-7-19(27-2)24(28-3)18(16)12-26-9-8-15-11-20-25(30-13-29-20)22(14)21(15)23(17)26;/h6-7,10-12H,4-5,8-9,13H2,1-3H3;1H/q+1;/p-1. The van der Waals surface area contributed by atoms with E-state index in [0.29, 0.717) is 6.79 Å². The minimum atomic E-state index is 0. The van der Waals surface area contributed by atoms with Crippen LogP contribution in [-0.2, 0) is 19.4 Å². The summed E-state index contributed by atoms with van der Waals surface area (Å²) >= 11 is 0. The molecule has 0 fully saturated rings. The van der Waals surface area contributed by atoms with E-state index in [1.165, 1.54) is 38.2 Å². The van der Waals surface area contributed by atoms with Crippen LogP contribution in [0.25, 0.3) is 32.4 Å². The van der Waals surface area contributed by atoms with Crippen LogP contribution in [0.2, 0.25) is 0 Å². The number of hydrogen-bond donors (Lipinski definition) is 0. The maximum Gasteiger partial charge on any atom is 0.231 e. The fraction of sp³-hybridized carbons (Fsp3) is 0.320. The summed E-state index contributed by atoms with van der Waals surface area (Å²) in [6.07, 6.45) is 5.25. The zero-order valence-corrected chi connectivity index (χ0v) is 18.6. The van der Waals surface area contributed by atoms with Crippen LogP contribution in [0.4, 0.5) is 0 Å². The first kappa shape index (κ1) is 20.0. The molecule has 0 unspecified atom stereocenters. The van der Waals surface area contributed by atoms with Crippen molar-refractivity contribution in [2.75, 3.05) is 21.0 Å². The Labute approximate surface area is 186 Å². The Hall–Kier alpha value is -2.92. The summed E-state index contributed by atoms with van der Waals surface area (Å²) in [6, 6.07) is 8.69. The zero-order valence-electron chi connectivity index (χ0n) is 17.9. The van der Waals surface area contributed by atoms with Crippen LogP contribution in [0, 0.1) is 0 Å². The number of nitrogens with zero attached hydrogens (tertiary/aromatic N) is 1. The van der Waals surface area contributed by atoms with E-state index in [9.17, 15) is 0 Å². The van der Waals surface area contributed by atoms with E-state index in [2.05, 4.69) is 35.9 Å². The van der Waals surface area contributed by atoms with Crippen molar-refractivity contribution in [3.05, 3.63) is 41.6 Å². The van der Waals surface area contributed by atoms with Crippen molar-refractivity contribution in [1.82, 2.24) is 0 Å². The number of aromatic nitrogens is 1. The predicted molar refractivity (Wildman–Crippen MR) is 116 cm³/mol. The van der Waals surface area contributed by atoms with Gasteiger partial charge >= 0.3 is 0 Å². The number of aryl methyl sites for hydroxylation is 3. The molecule has 0 aliphatic carbocycles. The van der Waals surface area contributed by atoms with Gasteiger partial charge in [-0.1, -0.05) is 13.3 Å². The fourth-order valence-corrected chi connectivity index (χ4v) is 5.24. The second-order valence-corrected chi connectivity index (χ2v) is 8.04. The third-order valence-corrected chi connectivity index (χ3v) is 6.46. The number of pyridine rings is 1. The van der Waals surface area contributed by atoms with Gasteiger partial charge in [0, 0.05) is 17.2 Å². The van der Waals surface area contributed by atoms with E-state index < -0.39 is 0 Å². The Morgan fingerprint density at radius 1 is 1.00 bits per heavy atom. The average Bonchev–Trinajstić information content (AvgIpc) is 3.24. The minimum absolute atomic E-state index is 0. The molecule has 0 bridgehead atoms. The maximum atomic E-state index is 5.95. The molecule has 1 aromatic heterocycles. The van der Waals surface area contributed by atoms with Crippen LogP contribution < -0.4 is 35.9 Å². The second-order valence-electron chi connectivity index (χ2n) is 8.04. The smallest absolute Gasteiger partial charge is 0.231 e. The van der Waals surface area contributed by atoms with Crippen molar-refractivity contribution < 1.29 is 35.9 Å². The highest BCUT2D eigenvalue weighted by molar-refractivity contribution is 6.18. The molecule has 0 saturated heterocycles. The van der Waals surface area contributed by atoms with Crippen LogP contribution in [0.3, 0.4) is 0 Å². The number of rotatable bonds is 4. The molecule has 0 spiro atoms. The van der Waals surface area contributed by atoms with Crippen molar-refractivity contribution in [3.8, 4) is 23.0 Å². The molecule has 5 nitrogen and oxygen atoms in total. The van der Waals surface area contributed by atoms with E-state index in [1.807, 2.05) is 6.07 Å². The number of ether oxygens (including phenoxy) is 4. The van der Waals surface area contributed by atoms with Crippen molar-refractivity contribution in [2.24, 2.45) is 0 Å². The minimum Gasteiger partial charge on any atom is -1.00 e. The van der Waals surface area contributed by atoms with Gasteiger partial charge in [0.05, 0.1) is 30.4 Å². The van der Waals surface area contributed by atoms with Gasteiger partial charge in [-0.05, 0) is 41.8 Å². The van der Waals surface area contributed by atoms with Crippen LogP contribution >= 0.6 is 0 Å². The van der Waals surface area contributed by atoms with Gasteiger partial charge in [0.2, 0.25) is 12.3 Å². The summed E-state index contributed by atoms with van der Waals surface area (Å²) in [5, 5.41) is 6.05. The van der Waals surface area contributed by atoms with Crippen molar-refractivity contribution in [2.45, 2.75) is 32.7 Å². The molecule has 0 N–H and O–H groups in total. The summed E-state index contributed by atoms with van der Waals surface area (Å²) in [7, 11) is 3.39. The fourth-order valence-electron chi connectivity index (χ4n) is 5.24. The lowest BCUT2D eigenvalue weighted by Crippen LogP contribution is -3.00. The third-order valence-electron chi connectivity index (χ3n) is 6.46. The molecule has 0 saturated carbocycles. The van der Waals surface area contributed by atoms with Gasteiger partial charge < -0.3 is 31.4 Å². The lowest BCUT2D eigenvalue weighted by molar-refractivity contribution is -0.670. The van der Waals surface area contributed by atoms with Crippen LogP contribution in [0.15, 0.2) is 30.5 Å². The van der Waals surface area contributed by atoms with Gasteiger partial charge in [-0.2, -0.15) is 4.57 Å². The van der Waals surface area contributed by atoms with Gasteiger partial charge in [0.1, 0.15) is 0 Å². The quantitative estimate of drug-likeness (QED) is 0.360. The van der Waals surface area contributed by atoms with Crippen molar-refractivity contribution >= 4 is 32.4 Å². The molecule has 2 aliphatic rings. The van der Waals surface area contributed by atoms with Gasteiger partial charge in [0.25, 0.3) is 0 Å². The van der Waals surface area contributed by atoms with Crippen LogP contribution in [0.5, 0.6) is 23.0 Å². The van der Waals surface area contributed by atoms with Crippen LogP contribution in [0.1, 0.15) is 24.5 Å². The van der Waals surface area contributed by atoms with Crippen molar-refractivity contribution in [1.29, 1.82) is 0 Å². The monoisotopic (exact) mass is 437 g/mol. The van der Waals surface area contributed by atoms with Gasteiger partial charge in [-0.3, -0.25) is 0 Å². The van der Waals surface area contributed by atoms with E-state index >= 15 is 0 Å². The first-order chi connectivity index (χ1) is 14.7. The molecular weight excluding hydrogens is 414 g/mol. The Morgan fingerprint density at radius 2 is 1.87 bits per heavy atom. The molecule has 0 amide bonds. The van der Waals surface area contributed by atoms with E-state index in [0.717, 1.165) is 54.2 Å². The Balaban J connectivity index is 0.00000204. The lowest BCUT2D eigenvalue weighted by atomic mass is 9.88. The molecule has 0 radical (unpaired) electrons. The highest BCUT2D eigenvalue weighted by atomic mass is 35.5. The largest absolute Gasteiger partial charge is 1.00 e. The molecule has 2 aliphatic heterocycles. The Kier molecular flexibility index (Phi) is 4.74. The first-order valence-corrected chi connectivity index (χ1v) is 10.5. The molecule has 3 aromatic carbocycles. The summed E-state index contributed by atoms with van der Waals surface area (Å²) < 4.78 is 25.4. The van der Waals surface area contributed by atoms with Gasteiger partial charge in [0.15, 0.2) is 35.7 Å². The van der Waals surface area contributed by atoms with E-state index in [-0.39, 0.29) is 12.4 Å². The zero-order chi connectivity index (χ0) is 20.4. The highest BCUT2D eigenvalue weighted by Crippen LogP contribution is 2.48. The molecule has 4 aromatic rings. The molecule has 6 rings (SSSR count). The molecule has 0 atom stereocenters. The SMILES string of the molecule is CCCc1cc2c3ccc(OC)c(OC)c3c[n+]3c2c2c(cc4c(c12)OCO4)CC3.[Cl-]. The number of benzene rings is 3. The summed E-state index contributed by atoms with van der Waals surface area (Å²) in [6.45, 7) is 3.44. The molecule has 3 heterocycles. The number of methoxy groups -OCH3 is 2. The molecule has 6 heteroatoms. The average molecular weight is 438 g/mol. The van der Waals surface area contributed by atoms with Crippen molar-refractivity contribution in [3.63, 3.8) is 0 Å². The van der Waals surface area contributed by atoms with Gasteiger partial charge in [-0.15, -0.1) is 0 Å². The van der Waals surface area contributed by atoms with Crippen LogP contribution in [-0.4, -0.2) is 21.0 Å². The summed E-state index contributed by atoms with van der Waals surface area (Å²) in [5.74, 6) is 3.33. The molecular formula is C25H24ClNO4. The second kappa shape index (κ2) is 7.34. The topological polar surface area (TPSA) is 40.8 Å². The first-order valence-electron chi connectivity index (χ1n) is 10.5. The Morgan fingerprint density at radius 3 is 2.65 bits per heavy atom. The summed E-state index contributed by atoms with van der Waals surface area (Å²) in [5.41, 5.74) is 3.93. The van der Waals surface area contributed by atoms with E-state index in [4.69, 9.17) is 18.9 Å².